The summed E-state index contributed by atoms with van der Waals surface area (Å²) in [4.78, 5) is 7.44. The first-order valence-electron chi connectivity index (χ1n) is 5.42. The van der Waals surface area contributed by atoms with Gasteiger partial charge in [-0.2, -0.15) is 0 Å². The second-order valence-electron chi connectivity index (χ2n) is 3.72. The van der Waals surface area contributed by atoms with Gasteiger partial charge in [0.2, 0.25) is 5.95 Å². The molecule has 0 saturated carbocycles. The summed E-state index contributed by atoms with van der Waals surface area (Å²) in [6, 6.07) is 4.30. The van der Waals surface area contributed by atoms with Crippen molar-refractivity contribution in [2.75, 3.05) is 4.72 Å². The van der Waals surface area contributed by atoms with E-state index < -0.39 is 10.0 Å². The van der Waals surface area contributed by atoms with Crippen LogP contribution in [0.2, 0.25) is 10.0 Å². The van der Waals surface area contributed by atoms with Crippen LogP contribution in [0.4, 0.5) is 5.95 Å². The highest BCUT2D eigenvalue weighted by Gasteiger charge is 2.22. The molecule has 9 heteroatoms. The molecule has 106 valence electrons. The monoisotopic (exact) mass is 332 g/mol. The van der Waals surface area contributed by atoms with Gasteiger partial charge in [-0.15, -0.1) is 0 Å². The summed E-state index contributed by atoms with van der Waals surface area (Å²) in [7, 11) is -3.91. The molecule has 0 spiro atoms. The van der Waals surface area contributed by atoms with Crippen molar-refractivity contribution in [2.24, 2.45) is 5.73 Å². The molecule has 0 fully saturated rings. The second-order valence-corrected chi connectivity index (χ2v) is 6.16. The molecule has 1 aromatic heterocycles. The fourth-order valence-electron chi connectivity index (χ4n) is 1.50. The first-order valence-corrected chi connectivity index (χ1v) is 7.66. The number of nitrogens with one attached hydrogen (secondary N) is 1. The Balaban J connectivity index is 2.45. The molecule has 20 heavy (non-hydrogen) atoms. The molecule has 1 heterocycles. The molecule has 0 unspecified atom stereocenters. The maximum Gasteiger partial charge on any atom is 0.265 e. The van der Waals surface area contributed by atoms with Gasteiger partial charge in [0.05, 0.1) is 5.02 Å². The molecule has 2 aromatic rings. The van der Waals surface area contributed by atoms with Crippen LogP contribution >= 0.6 is 23.2 Å². The van der Waals surface area contributed by atoms with E-state index in [9.17, 15) is 8.42 Å². The van der Waals surface area contributed by atoms with Gasteiger partial charge < -0.3 is 5.73 Å². The molecule has 3 N–H and O–H groups in total. The Bertz CT molecular complexity index is 723. The second kappa shape index (κ2) is 5.92. The fraction of sp³-hybridized carbons (Fsp3) is 0.0909. The summed E-state index contributed by atoms with van der Waals surface area (Å²) in [5.41, 5.74) is 5.87. The molecule has 2 rings (SSSR count). The minimum atomic E-state index is -3.91. The van der Waals surface area contributed by atoms with E-state index in [0.29, 0.717) is 10.6 Å². The SMILES string of the molecule is NCc1c(Cl)ccc(S(=O)(=O)Nc2ncccn2)c1Cl. The highest BCUT2D eigenvalue weighted by molar-refractivity contribution is 7.92. The Kier molecular flexibility index (Phi) is 4.44. The summed E-state index contributed by atoms with van der Waals surface area (Å²) < 4.78 is 26.7. The van der Waals surface area contributed by atoms with Crippen LogP contribution in [0.15, 0.2) is 35.5 Å². The van der Waals surface area contributed by atoms with Crippen LogP contribution in [0.25, 0.3) is 0 Å². The van der Waals surface area contributed by atoms with E-state index in [0.717, 1.165) is 0 Å². The molecular formula is C11H10Cl2N4O2S. The maximum absolute atomic E-state index is 12.2. The third-order valence-electron chi connectivity index (χ3n) is 2.44. The van der Waals surface area contributed by atoms with Crippen LogP contribution in [0.3, 0.4) is 0 Å². The zero-order chi connectivity index (χ0) is 14.8. The van der Waals surface area contributed by atoms with Gasteiger partial charge in [0.25, 0.3) is 10.0 Å². The van der Waals surface area contributed by atoms with Crippen molar-refractivity contribution in [3.05, 3.63) is 46.2 Å². The van der Waals surface area contributed by atoms with E-state index in [4.69, 9.17) is 28.9 Å². The van der Waals surface area contributed by atoms with Gasteiger partial charge in [-0.1, -0.05) is 23.2 Å². The fourth-order valence-corrected chi connectivity index (χ4v) is 3.39. The number of nitrogens with two attached hydrogens (primary N) is 1. The minimum Gasteiger partial charge on any atom is -0.326 e. The van der Waals surface area contributed by atoms with Gasteiger partial charge in [-0.3, -0.25) is 0 Å². The number of anilines is 1. The summed E-state index contributed by atoms with van der Waals surface area (Å²) in [5.74, 6) is -0.0483. The number of aromatic nitrogens is 2. The first-order chi connectivity index (χ1) is 9.45. The summed E-state index contributed by atoms with van der Waals surface area (Å²) in [5, 5.41) is 0.302. The number of rotatable bonds is 4. The summed E-state index contributed by atoms with van der Waals surface area (Å²) in [6.07, 6.45) is 2.83. The van der Waals surface area contributed by atoms with E-state index >= 15 is 0 Å². The van der Waals surface area contributed by atoms with Crippen molar-refractivity contribution >= 4 is 39.2 Å². The zero-order valence-electron chi connectivity index (χ0n) is 10.0. The molecule has 6 nitrogen and oxygen atoms in total. The number of nitrogens with zero attached hydrogens (tertiary/aromatic N) is 2. The van der Waals surface area contributed by atoms with Crippen molar-refractivity contribution in [1.29, 1.82) is 0 Å². The molecule has 0 aliphatic rings. The van der Waals surface area contributed by atoms with E-state index in [2.05, 4.69) is 14.7 Å². The average molecular weight is 333 g/mol. The predicted molar refractivity (Wildman–Crippen MR) is 77.2 cm³/mol. The van der Waals surface area contributed by atoms with Crippen molar-refractivity contribution < 1.29 is 8.42 Å². The highest BCUT2D eigenvalue weighted by atomic mass is 35.5. The van der Waals surface area contributed by atoms with Crippen LogP contribution in [0, 0.1) is 0 Å². The lowest BCUT2D eigenvalue weighted by Crippen LogP contribution is -2.16. The third kappa shape index (κ3) is 3.01. The van der Waals surface area contributed by atoms with Crippen molar-refractivity contribution in [3.63, 3.8) is 0 Å². The van der Waals surface area contributed by atoms with Gasteiger partial charge >= 0.3 is 0 Å². The van der Waals surface area contributed by atoms with Gasteiger partial charge in [-0.25, -0.2) is 23.1 Å². The Hall–Kier alpha value is -1.41. The lowest BCUT2D eigenvalue weighted by atomic mass is 10.2. The molecule has 0 bridgehead atoms. The average Bonchev–Trinajstić information content (AvgIpc) is 2.39. The zero-order valence-corrected chi connectivity index (χ0v) is 12.4. The maximum atomic E-state index is 12.2. The Labute approximate surface area is 126 Å². The van der Waals surface area contributed by atoms with E-state index in [1.165, 1.54) is 24.5 Å². The van der Waals surface area contributed by atoms with Crippen molar-refractivity contribution in [3.8, 4) is 0 Å². The molecule has 0 radical (unpaired) electrons. The number of halogens is 2. The predicted octanol–water partition coefficient (Wildman–Crippen LogP) is 2.04. The molecule has 0 atom stereocenters. The molecule has 0 amide bonds. The largest absolute Gasteiger partial charge is 0.326 e. The number of benzene rings is 1. The summed E-state index contributed by atoms with van der Waals surface area (Å²) in [6.45, 7) is 0.0306. The third-order valence-corrected chi connectivity index (χ3v) is 4.70. The van der Waals surface area contributed by atoms with Gasteiger partial charge in [0.1, 0.15) is 4.90 Å². The first kappa shape index (κ1) is 15.0. The standard InChI is InChI=1S/C11H10Cl2N4O2S/c12-8-2-3-9(10(13)7(8)6-14)20(18,19)17-11-15-4-1-5-16-11/h1-5H,6,14H2,(H,15,16,17). The normalized spacial score (nSPS) is 11.3. The van der Waals surface area contributed by atoms with Crippen LogP contribution in [0.5, 0.6) is 0 Å². The quantitative estimate of drug-likeness (QED) is 0.892. The van der Waals surface area contributed by atoms with Crippen LogP contribution in [0.1, 0.15) is 5.56 Å². The lowest BCUT2D eigenvalue weighted by molar-refractivity contribution is 0.600. The van der Waals surface area contributed by atoms with E-state index in [1.54, 1.807) is 6.07 Å². The van der Waals surface area contributed by atoms with Gasteiger partial charge in [0.15, 0.2) is 0 Å². The number of sulfonamides is 1. The molecule has 0 saturated heterocycles. The Morgan fingerprint density at radius 1 is 1.20 bits per heavy atom. The van der Waals surface area contributed by atoms with Gasteiger partial charge in [0, 0.05) is 29.5 Å². The van der Waals surface area contributed by atoms with Gasteiger partial charge in [-0.05, 0) is 18.2 Å². The summed E-state index contributed by atoms with van der Waals surface area (Å²) >= 11 is 11.9. The molecule has 0 aliphatic carbocycles. The van der Waals surface area contributed by atoms with Crippen molar-refractivity contribution in [2.45, 2.75) is 11.4 Å². The number of hydrogen-bond acceptors (Lipinski definition) is 5. The van der Waals surface area contributed by atoms with Crippen LogP contribution < -0.4 is 10.5 Å². The van der Waals surface area contributed by atoms with Crippen molar-refractivity contribution in [1.82, 2.24) is 9.97 Å². The Morgan fingerprint density at radius 2 is 1.85 bits per heavy atom. The number of hydrogen-bond donors (Lipinski definition) is 2. The molecule has 0 aliphatic heterocycles. The smallest absolute Gasteiger partial charge is 0.265 e. The van der Waals surface area contributed by atoms with Crippen LogP contribution in [-0.2, 0) is 16.6 Å². The Morgan fingerprint density at radius 3 is 2.45 bits per heavy atom. The lowest BCUT2D eigenvalue weighted by Gasteiger charge is -2.11. The van der Waals surface area contributed by atoms with E-state index in [1.807, 2.05) is 0 Å². The van der Waals surface area contributed by atoms with Crippen LogP contribution in [-0.4, -0.2) is 18.4 Å². The molecular weight excluding hydrogens is 323 g/mol. The highest BCUT2D eigenvalue weighted by Crippen LogP contribution is 2.31. The van der Waals surface area contributed by atoms with E-state index in [-0.39, 0.29) is 22.4 Å². The minimum absolute atomic E-state index is 0.0107. The topological polar surface area (TPSA) is 98.0 Å². The molecule has 1 aromatic carbocycles.